The molecule has 0 aromatic rings. The van der Waals surface area contributed by atoms with E-state index in [0.29, 0.717) is 6.04 Å². The first-order valence-corrected chi connectivity index (χ1v) is 5.29. The highest BCUT2D eigenvalue weighted by Crippen LogP contribution is 2.06. The summed E-state index contributed by atoms with van der Waals surface area (Å²) in [6, 6.07) is 0.414. The van der Waals surface area contributed by atoms with E-state index >= 15 is 0 Å². The second-order valence-electron chi connectivity index (χ2n) is 3.99. The molecule has 0 aliphatic heterocycles. The lowest BCUT2D eigenvalue weighted by Crippen LogP contribution is -2.36. The summed E-state index contributed by atoms with van der Waals surface area (Å²) >= 11 is 0. The van der Waals surface area contributed by atoms with Crippen LogP contribution in [0, 0.1) is 5.92 Å². The van der Waals surface area contributed by atoms with E-state index in [-0.39, 0.29) is 11.9 Å². The molecule has 0 saturated carbocycles. The van der Waals surface area contributed by atoms with Gasteiger partial charge in [-0.1, -0.05) is 6.92 Å². The van der Waals surface area contributed by atoms with Gasteiger partial charge >= 0.3 is 5.97 Å². The third-order valence-corrected chi connectivity index (χ3v) is 2.66. The lowest BCUT2D eigenvalue weighted by atomic mass is 10.1. The molecule has 0 rings (SSSR count). The van der Waals surface area contributed by atoms with Crippen molar-refractivity contribution >= 4 is 5.97 Å². The lowest BCUT2D eigenvalue weighted by molar-refractivity contribution is -0.145. The van der Waals surface area contributed by atoms with Crippen LogP contribution in [-0.4, -0.2) is 51.3 Å². The first-order chi connectivity index (χ1) is 7.02. The van der Waals surface area contributed by atoms with Crippen LogP contribution in [0.5, 0.6) is 0 Å². The SMILES string of the molecule is COCCC(C)N(C)CC(C)C(=O)OC. The molecule has 0 amide bonds. The highest BCUT2D eigenvalue weighted by molar-refractivity contribution is 5.72. The second kappa shape index (κ2) is 7.65. The van der Waals surface area contributed by atoms with Gasteiger partial charge in [-0.15, -0.1) is 0 Å². The van der Waals surface area contributed by atoms with E-state index in [1.165, 1.54) is 7.11 Å². The number of hydrogen-bond acceptors (Lipinski definition) is 4. The molecule has 0 aromatic heterocycles. The molecule has 0 aromatic carbocycles. The Bertz CT molecular complexity index is 185. The molecule has 15 heavy (non-hydrogen) atoms. The quantitative estimate of drug-likeness (QED) is 0.600. The van der Waals surface area contributed by atoms with Crippen molar-refractivity contribution in [1.29, 1.82) is 0 Å². The Morgan fingerprint density at radius 2 is 1.93 bits per heavy atom. The summed E-state index contributed by atoms with van der Waals surface area (Å²) in [6.07, 6.45) is 0.973. The largest absolute Gasteiger partial charge is 0.469 e. The molecule has 0 aliphatic carbocycles. The molecule has 0 bridgehead atoms. The van der Waals surface area contributed by atoms with Gasteiger partial charge in [0.15, 0.2) is 0 Å². The molecule has 4 nitrogen and oxygen atoms in total. The lowest BCUT2D eigenvalue weighted by Gasteiger charge is -2.26. The first-order valence-electron chi connectivity index (χ1n) is 5.29. The fourth-order valence-corrected chi connectivity index (χ4v) is 1.40. The van der Waals surface area contributed by atoms with Gasteiger partial charge in [0.2, 0.25) is 0 Å². The van der Waals surface area contributed by atoms with Gasteiger partial charge in [0.1, 0.15) is 0 Å². The Morgan fingerprint density at radius 3 is 2.40 bits per heavy atom. The minimum Gasteiger partial charge on any atom is -0.469 e. The molecule has 0 aliphatic rings. The predicted octanol–water partition coefficient (Wildman–Crippen LogP) is 1.15. The first kappa shape index (κ1) is 14.4. The molecule has 0 saturated heterocycles. The number of esters is 1. The third-order valence-electron chi connectivity index (χ3n) is 2.66. The fourth-order valence-electron chi connectivity index (χ4n) is 1.40. The zero-order valence-electron chi connectivity index (χ0n) is 10.4. The highest BCUT2D eigenvalue weighted by atomic mass is 16.5. The topological polar surface area (TPSA) is 38.8 Å². The molecule has 0 spiro atoms. The van der Waals surface area contributed by atoms with E-state index in [0.717, 1.165) is 19.6 Å². The number of hydrogen-bond donors (Lipinski definition) is 0. The molecule has 0 fully saturated rings. The summed E-state index contributed by atoms with van der Waals surface area (Å²) in [4.78, 5) is 13.4. The highest BCUT2D eigenvalue weighted by Gasteiger charge is 2.18. The van der Waals surface area contributed by atoms with Crippen molar-refractivity contribution in [2.24, 2.45) is 5.92 Å². The van der Waals surface area contributed by atoms with Crippen molar-refractivity contribution in [1.82, 2.24) is 4.90 Å². The number of nitrogens with zero attached hydrogens (tertiary/aromatic N) is 1. The van der Waals surface area contributed by atoms with Crippen LogP contribution in [0.4, 0.5) is 0 Å². The maximum Gasteiger partial charge on any atom is 0.309 e. The number of carbonyl (C=O) groups excluding carboxylic acids is 1. The Labute approximate surface area is 92.5 Å². The van der Waals surface area contributed by atoms with Gasteiger partial charge in [0.05, 0.1) is 13.0 Å². The van der Waals surface area contributed by atoms with Crippen molar-refractivity contribution in [2.45, 2.75) is 26.3 Å². The Hall–Kier alpha value is -0.610. The van der Waals surface area contributed by atoms with Crippen molar-refractivity contribution in [3.05, 3.63) is 0 Å². The average molecular weight is 217 g/mol. The van der Waals surface area contributed by atoms with Gasteiger partial charge in [-0.2, -0.15) is 0 Å². The van der Waals surface area contributed by atoms with E-state index < -0.39 is 0 Å². The van der Waals surface area contributed by atoms with Gasteiger partial charge in [0, 0.05) is 26.3 Å². The summed E-state index contributed by atoms with van der Waals surface area (Å²) in [5.74, 6) is -0.231. The Balaban J connectivity index is 3.89. The van der Waals surface area contributed by atoms with Crippen molar-refractivity contribution in [3.8, 4) is 0 Å². The zero-order valence-corrected chi connectivity index (χ0v) is 10.4. The Morgan fingerprint density at radius 1 is 1.33 bits per heavy atom. The van der Waals surface area contributed by atoms with Crippen LogP contribution in [0.3, 0.4) is 0 Å². The van der Waals surface area contributed by atoms with E-state index in [9.17, 15) is 4.79 Å². The molecule has 4 heteroatoms. The predicted molar refractivity (Wildman–Crippen MR) is 59.8 cm³/mol. The standard InChI is InChI=1S/C11H23NO3/c1-9(11(13)15-5)8-12(3)10(2)6-7-14-4/h9-10H,6-8H2,1-5H3. The van der Waals surface area contributed by atoms with E-state index in [1.54, 1.807) is 7.11 Å². The fraction of sp³-hybridized carbons (Fsp3) is 0.909. The number of carbonyl (C=O) groups is 1. The van der Waals surface area contributed by atoms with E-state index in [2.05, 4.69) is 16.6 Å². The maximum absolute atomic E-state index is 11.2. The van der Waals surface area contributed by atoms with Crippen molar-refractivity contribution in [2.75, 3.05) is 34.4 Å². The molecular formula is C11H23NO3. The van der Waals surface area contributed by atoms with Crippen LogP contribution in [0.25, 0.3) is 0 Å². The van der Waals surface area contributed by atoms with Gasteiger partial charge in [-0.3, -0.25) is 4.79 Å². The van der Waals surface area contributed by atoms with Gasteiger partial charge in [-0.05, 0) is 20.4 Å². The van der Waals surface area contributed by atoms with Gasteiger partial charge in [-0.25, -0.2) is 0 Å². The summed E-state index contributed by atoms with van der Waals surface area (Å²) in [7, 11) is 5.14. The van der Waals surface area contributed by atoms with Gasteiger partial charge in [0.25, 0.3) is 0 Å². The van der Waals surface area contributed by atoms with Crippen LogP contribution in [0.15, 0.2) is 0 Å². The van der Waals surface area contributed by atoms with Crippen LogP contribution in [0.2, 0.25) is 0 Å². The van der Waals surface area contributed by atoms with Crippen LogP contribution in [-0.2, 0) is 14.3 Å². The average Bonchev–Trinajstić information content (AvgIpc) is 2.24. The van der Waals surface area contributed by atoms with E-state index in [4.69, 9.17) is 4.74 Å². The van der Waals surface area contributed by atoms with Crippen LogP contribution in [0.1, 0.15) is 20.3 Å². The summed E-state index contributed by atoms with van der Waals surface area (Å²) < 4.78 is 9.70. The van der Waals surface area contributed by atoms with Gasteiger partial charge < -0.3 is 14.4 Å². The smallest absolute Gasteiger partial charge is 0.309 e. The summed E-state index contributed by atoms with van der Waals surface area (Å²) in [6.45, 7) is 5.48. The Kier molecular flexibility index (Phi) is 7.34. The molecule has 2 unspecified atom stereocenters. The maximum atomic E-state index is 11.2. The number of methoxy groups -OCH3 is 2. The van der Waals surface area contributed by atoms with Crippen LogP contribution < -0.4 is 0 Å². The molecule has 90 valence electrons. The summed E-state index contributed by atoms with van der Waals surface area (Å²) in [5, 5.41) is 0. The minimum atomic E-state index is -0.152. The third kappa shape index (κ3) is 5.74. The zero-order chi connectivity index (χ0) is 11.8. The summed E-state index contributed by atoms with van der Waals surface area (Å²) in [5.41, 5.74) is 0. The minimum absolute atomic E-state index is 0.0787. The molecule has 0 heterocycles. The molecule has 0 radical (unpaired) electrons. The molecule has 0 N–H and O–H groups in total. The van der Waals surface area contributed by atoms with Crippen LogP contribution >= 0.6 is 0 Å². The number of ether oxygens (including phenoxy) is 2. The molecular weight excluding hydrogens is 194 g/mol. The van der Waals surface area contributed by atoms with Crippen molar-refractivity contribution in [3.63, 3.8) is 0 Å². The second-order valence-corrected chi connectivity index (χ2v) is 3.99. The number of rotatable bonds is 7. The van der Waals surface area contributed by atoms with E-state index in [1.807, 2.05) is 14.0 Å². The van der Waals surface area contributed by atoms with Crippen molar-refractivity contribution < 1.29 is 14.3 Å². The monoisotopic (exact) mass is 217 g/mol. The normalized spacial score (nSPS) is 15.1. The molecule has 2 atom stereocenters.